The number of rotatable bonds is 0. The van der Waals surface area contributed by atoms with Gasteiger partial charge in [0.15, 0.2) is 5.79 Å². The summed E-state index contributed by atoms with van der Waals surface area (Å²) in [6.07, 6.45) is 16.2. The number of esters is 1. The number of allylic oxidation sites excluding steroid dienone is 5. The first-order valence-electron chi connectivity index (χ1n) is 12.2. The third-order valence-corrected chi connectivity index (χ3v) is 9.82. The van der Waals surface area contributed by atoms with Crippen LogP contribution in [0.1, 0.15) is 72.6 Å². The zero-order valence-electron chi connectivity index (χ0n) is 19.5. The van der Waals surface area contributed by atoms with E-state index in [4.69, 9.17) is 14.2 Å². The van der Waals surface area contributed by atoms with Gasteiger partial charge in [-0.25, -0.2) is 0 Å². The number of carbonyl (C=O) groups excluding carboxylic acids is 1. The van der Waals surface area contributed by atoms with Crippen LogP contribution < -0.4 is 0 Å². The Hall–Kier alpha value is -1.39. The topological polar surface area (TPSA) is 44.8 Å². The van der Waals surface area contributed by atoms with Crippen LogP contribution in [-0.4, -0.2) is 30.6 Å². The van der Waals surface area contributed by atoms with Crippen molar-refractivity contribution in [1.82, 2.24) is 0 Å². The normalized spacial score (nSPS) is 46.8. The smallest absolute Gasteiger partial charge is 0.306 e. The van der Waals surface area contributed by atoms with Gasteiger partial charge >= 0.3 is 5.97 Å². The van der Waals surface area contributed by atoms with Gasteiger partial charge in [-0.2, -0.15) is 0 Å². The van der Waals surface area contributed by atoms with Gasteiger partial charge in [0.2, 0.25) is 0 Å². The van der Waals surface area contributed by atoms with Gasteiger partial charge < -0.3 is 14.2 Å². The molecule has 0 bridgehead atoms. The second-order valence-corrected chi connectivity index (χ2v) is 12.3. The predicted octanol–water partition coefficient (Wildman–Crippen LogP) is 5.49. The quantitative estimate of drug-likeness (QED) is 0.381. The van der Waals surface area contributed by atoms with E-state index in [1.807, 2.05) is 0 Å². The van der Waals surface area contributed by atoms with E-state index < -0.39 is 5.79 Å². The summed E-state index contributed by atoms with van der Waals surface area (Å²) in [5.74, 6) is 0.440. The van der Waals surface area contributed by atoms with Crippen molar-refractivity contribution < 1.29 is 19.0 Å². The van der Waals surface area contributed by atoms with Gasteiger partial charge in [0.25, 0.3) is 0 Å². The largest absolute Gasteiger partial charge is 0.458 e. The van der Waals surface area contributed by atoms with Crippen molar-refractivity contribution >= 4 is 5.97 Å². The molecule has 2 spiro atoms. The summed E-state index contributed by atoms with van der Waals surface area (Å²) in [5.41, 5.74) is 2.87. The number of ether oxygens (including phenoxy) is 3. The fourth-order valence-corrected chi connectivity index (χ4v) is 7.69. The number of fused-ring (bicyclic) bond motifs is 6. The van der Waals surface area contributed by atoms with E-state index in [1.165, 1.54) is 5.57 Å². The van der Waals surface area contributed by atoms with Crippen molar-refractivity contribution in [2.75, 3.05) is 13.2 Å². The third kappa shape index (κ3) is 2.64. The molecule has 0 aromatic rings. The maximum atomic E-state index is 12.0. The van der Waals surface area contributed by atoms with Crippen LogP contribution in [-0.2, 0) is 19.0 Å². The molecule has 3 fully saturated rings. The molecule has 2 aliphatic heterocycles. The van der Waals surface area contributed by atoms with Gasteiger partial charge in [-0.05, 0) is 49.7 Å². The van der Waals surface area contributed by atoms with E-state index in [0.29, 0.717) is 18.3 Å². The first kappa shape index (κ1) is 20.2. The van der Waals surface area contributed by atoms with Gasteiger partial charge in [0, 0.05) is 35.0 Å². The third-order valence-electron chi connectivity index (χ3n) is 9.82. The van der Waals surface area contributed by atoms with E-state index in [9.17, 15) is 4.79 Å². The number of carbonyl (C=O) groups is 1. The van der Waals surface area contributed by atoms with E-state index in [-0.39, 0.29) is 27.8 Å². The van der Waals surface area contributed by atoms with E-state index >= 15 is 0 Å². The van der Waals surface area contributed by atoms with Gasteiger partial charge in [0.1, 0.15) is 5.60 Å². The highest BCUT2D eigenvalue weighted by molar-refractivity contribution is 5.72. The summed E-state index contributed by atoms with van der Waals surface area (Å²) in [6.45, 7) is 10.7. The molecule has 2 saturated heterocycles. The lowest BCUT2D eigenvalue weighted by atomic mass is 9.52. The molecule has 6 rings (SSSR count). The minimum atomic E-state index is -0.555. The molecule has 4 aliphatic carbocycles. The zero-order valence-corrected chi connectivity index (χ0v) is 19.5. The Labute approximate surface area is 186 Å². The lowest BCUT2D eigenvalue weighted by Crippen LogP contribution is -2.52. The second kappa shape index (κ2) is 6.14. The summed E-state index contributed by atoms with van der Waals surface area (Å²) in [7, 11) is 0. The van der Waals surface area contributed by atoms with Crippen LogP contribution in [0.25, 0.3) is 0 Å². The van der Waals surface area contributed by atoms with Crippen LogP contribution in [0.5, 0.6) is 0 Å². The van der Waals surface area contributed by atoms with E-state index in [1.54, 1.807) is 5.57 Å². The van der Waals surface area contributed by atoms with Crippen molar-refractivity contribution in [3.05, 3.63) is 35.5 Å². The van der Waals surface area contributed by atoms with Gasteiger partial charge in [-0.3, -0.25) is 4.79 Å². The Morgan fingerprint density at radius 1 is 1.00 bits per heavy atom. The summed E-state index contributed by atoms with van der Waals surface area (Å²) >= 11 is 0. The summed E-state index contributed by atoms with van der Waals surface area (Å²) in [5, 5.41) is 0. The molecule has 168 valence electrons. The van der Waals surface area contributed by atoms with Crippen molar-refractivity contribution in [3.63, 3.8) is 0 Å². The molecule has 0 amide bonds. The van der Waals surface area contributed by atoms with E-state index in [2.05, 4.69) is 52.0 Å². The molecule has 31 heavy (non-hydrogen) atoms. The highest BCUT2D eigenvalue weighted by atomic mass is 16.7. The molecule has 0 radical (unpaired) electrons. The first-order valence-corrected chi connectivity index (χ1v) is 12.2. The minimum Gasteiger partial charge on any atom is -0.458 e. The standard InChI is InChI=1S/C27H36O4/c1-23(2)16-29-27(30-17-23)14-13-24(3)18(15-27)5-6-19-20(24)7-10-25(4)21(19)8-11-26(25)12-9-22(28)31-26/h5-7,15,19,21H,8-14,16-17H2,1-4H3/t19-,21+,24+,25+,26-/m1/s1. The molecule has 2 heterocycles. The van der Waals surface area contributed by atoms with Crippen LogP contribution in [0.4, 0.5) is 0 Å². The maximum Gasteiger partial charge on any atom is 0.306 e. The van der Waals surface area contributed by atoms with Crippen molar-refractivity contribution in [1.29, 1.82) is 0 Å². The number of hydrogen-bond donors (Lipinski definition) is 0. The molecule has 0 aromatic heterocycles. The number of hydrogen-bond acceptors (Lipinski definition) is 4. The van der Waals surface area contributed by atoms with Crippen LogP contribution >= 0.6 is 0 Å². The first-order chi connectivity index (χ1) is 14.6. The van der Waals surface area contributed by atoms with Gasteiger partial charge in [-0.1, -0.05) is 51.5 Å². The Morgan fingerprint density at radius 2 is 1.77 bits per heavy atom. The van der Waals surface area contributed by atoms with Gasteiger partial charge in [0.05, 0.1) is 13.2 Å². The van der Waals surface area contributed by atoms with Crippen LogP contribution in [0.2, 0.25) is 0 Å². The molecule has 1 saturated carbocycles. The van der Waals surface area contributed by atoms with Crippen molar-refractivity contribution in [2.24, 2.45) is 28.1 Å². The molecule has 5 atom stereocenters. The predicted molar refractivity (Wildman–Crippen MR) is 118 cm³/mol. The monoisotopic (exact) mass is 424 g/mol. The molecule has 0 unspecified atom stereocenters. The highest BCUT2D eigenvalue weighted by Gasteiger charge is 2.65. The van der Waals surface area contributed by atoms with Crippen molar-refractivity contribution in [3.8, 4) is 0 Å². The minimum absolute atomic E-state index is 0.00116. The highest BCUT2D eigenvalue weighted by Crippen LogP contribution is 2.67. The molecule has 0 N–H and O–H groups in total. The van der Waals surface area contributed by atoms with Crippen LogP contribution in [0.3, 0.4) is 0 Å². The molecule has 6 aliphatic rings. The van der Waals surface area contributed by atoms with Crippen molar-refractivity contribution in [2.45, 2.75) is 84.0 Å². The zero-order chi connectivity index (χ0) is 21.7. The van der Waals surface area contributed by atoms with Crippen LogP contribution in [0.15, 0.2) is 35.5 Å². The summed E-state index contributed by atoms with van der Waals surface area (Å²) in [4.78, 5) is 12.0. The van der Waals surface area contributed by atoms with Crippen LogP contribution in [0, 0.1) is 28.1 Å². The maximum absolute atomic E-state index is 12.0. The fourth-order valence-electron chi connectivity index (χ4n) is 7.69. The second-order valence-electron chi connectivity index (χ2n) is 12.3. The molecule has 4 nitrogen and oxygen atoms in total. The molecule has 4 heteroatoms. The lowest BCUT2D eigenvalue weighted by Gasteiger charge is -2.55. The summed E-state index contributed by atoms with van der Waals surface area (Å²) in [6, 6.07) is 0. The fraction of sp³-hybridized carbons (Fsp3) is 0.741. The molecule has 0 aromatic carbocycles. The molecular formula is C27H36O4. The Morgan fingerprint density at radius 3 is 2.48 bits per heavy atom. The van der Waals surface area contributed by atoms with Gasteiger partial charge in [-0.15, -0.1) is 0 Å². The Bertz CT molecular complexity index is 916. The molecular weight excluding hydrogens is 388 g/mol. The SMILES string of the molecule is CC1(C)COC2(C=C3C=C[C@@H]4C(=CC[C@@]5(C)[C@H]4CC[C@@]54CCC(=O)O4)[C@@]3(C)CC2)OC1. The average Bonchev–Trinajstić information content (AvgIpc) is 3.25. The summed E-state index contributed by atoms with van der Waals surface area (Å²) < 4.78 is 18.7. The Balaban J connectivity index is 1.34. The average molecular weight is 425 g/mol. The Kier molecular flexibility index (Phi) is 4.01. The lowest BCUT2D eigenvalue weighted by molar-refractivity contribution is -0.279. The van der Waals surface area contributed by atoms with E-state index in [0.717, 1.165) is 51.7 Å².